The summed E-state index contributed by atoms with van der Waals surface area (Å²) in [5.41, 5.74) is 7.93. The van der Waals surface area contributed by atoms with Gasteiger partial charge in [0.1, 0.15) is 7.05 Å². The molecule has 0 radical (unpaired) electrons. The predicted molar refractivity (Wildman–Crippen MR) is 47.5 cm³/mol. The smallest absolute Gasteiger partial charge is 0.195 e. The van der Waals surface area contributed by atoms with Gasteiger partial charge < -0.3 is 29.7 Å². The summed E-state index contributed by atoms with van der Waals surface area (Å²) in [6, 6.07) is 4.17. The maximum atomic E-state index is 5.50. The zero-order chi connectivity index (χ0) is 7.56. The summed E-state index contributed by atoms with van der Waals surface area (Å²) in [4.78, 5) is 0. The number of hydrogen-bond donors (Lipinski definition) is 1. The van der Waals surface area contributed by atoms with Gasteiger partial charge >= 0.3 is 0 Å². The highest BCUT2D eigenvalue weighted by atomic mass is 127. The zero-order valence-corrected chi connectivity index (χ0v) is 10.2. The second-order valence-corrected chi connectivity index (χ2v) is 2.51. The van der Waals surface area contributed by atoms with E-state index in [0.29, 0.717) is 6.54 Å². The van der Waals surface area contributed by atoms with Crippen molar-refractivity contribution < 1.29 is 28.5 Å². The lowest BCUT2D eigenvalue weighted by atomic mass is 10.2. The minimum absolute atomic E-state index is 0. The molecule has 70 valence electrons. The zero-order valence-electron chi connectivity index (χ0n) is 7.25. The Hall–Kier alpha value is 0.130. The van der Waals surface area contributed by atoms with Gasteiger partial charge in [0.05, 0.1) is 6.54 Å². The second kappa shape index (κ2) is 6.62. The van der Waals surface area contributed by atoms with E-state index in [-0.39, 0.29) is 36.4 Å². The third-order valence-corrected chi connectivity index (χ3v) is 1.62. The fourth-order valence-corrected chi connectivity index (χ4v) is 0.941. The minimum Gasteiger partial charge on any atom is -1.00 e. The van der Waals surface area contributed by atoms with Crippen LogP contribution in [0.15, 0.2) is 18.3 Å². The Morgan fingerprint density at radius 2 is 2.08 bits per heavy atom. The summed E-state index contributed by atoms with van der Waals surface area (Å²) >= 11 is 0. The summed E-state index contributed by atoms with van der Waals surface area (Å²) in [6.07, 6.45) is 2.03. The van der Waals surface area contributed by atoms with Gasteiger partial charge in [-0.25, -0.2) is 4.57 Å². The highest BCUT2D eigenvalue weighted by molar-refractivity contribution is 5.85. The minimum atomic E-state index is 0. The highest BCUT2D eigenvalue weighted by Crippen LogP contribution is 1.95. The fourth-order valence-electron chi connectivity index (χ4n) is 0.941. The molecule has 1 rings (SSSR count). The number of aryl methyl sites for hydroxylation is 2. The number of halogens is 2. The molecule has 0 fully saturated rings. The molecule has 12 heavy (non-hydrogen) atoms. The maximum Gasteiger partial charge on any atom is 0.195 e. The molecule has 0 aliphatic rings. The first-order valence-corrected chi connectivity index (χ1v) is 3.39. The predicted octanol–water partition coefficient (Wildman–Crippen LogP) is -2.30. The molecule has 4 heteroatoms. The number of nitrogens with two attached hydrogens (primary N) is 1. The molecule has 0 saturated heterocycles. The molecular formula is C8H14ClIN2. The van der Waals surface area contributed by atoms with Crippen molar-refractivity contribution >= 4 is 12.4 Å². The normalized spacial score (nSPS) is 8.25. The second-order valence-electron chi connectivity index (χ2n) is 2.51. The van der Waals surface area contributed by atoms with Crippen LogP contribution in [0.5, 0.6) is 0 Å². The number of pyridine rings is 1. The average molecular weight is 301 g/mol. The molecule has 0 saturated carbocycles. The Bertz CT molecular complexity index is 240. The van der Waals surface area contributed by atoms with E-state index in [1.165, 1.54) is 11.3 Å². The van der Waals surface area contributed by atoms with Crippen LogP contribution in [0.4, 0.5) is 0 Å². The first kappa shape index (κ1) is 14.6. The van der Waals surface area contributed by atoms with E-state index in [2.05, 4.69) is 19.1 Å². The van der Waals surface area contributed by atoms with Crippen molar-refractivity contribution in [2.24, 2.45) is 12.8 Å². The van der Waals surface area contributed by atoms with Crippen molar-refractivity contribution in [2.45, 2.75) is 13.5 Å². The van der Waals surface area contributed by atoms with Gasteiger partial charge in [-0.1, -0.05) is 0 Å². The van der Waals surface area contributed by atoms with Crippen molar-refractivity contribution in [3.05, 3.63) is 29.6 Å². The van der Waals surface area contributed by atoms with Gasteiger partial charge in [0.2, 0.25) is 0 Å². The first-order valence-electron chi connectivity index (χ1n) is 3.39. The van der Waals surface area contributed by atoms with Crippen molar-refractivity contribution in [3.63, 3.8) is 0 Å². The molecule has 0 amide bonds. The molecule has 0 bridgehead atoms. The van der Waals surface area contributed by atoms with Gasteiger partial charge in [0, 0.05) is 12.1 Å². The van der Waals surface area contributed by atoms with Gasteiger partial charge in [0.25, 0.3) is 0 Å². The van der Waals surface area contributed by atoms with Crippen LogP contribution in [-0.2, 0) is 13.6 Å². The molecule has 0 aliphatic carbocycles. The number of hydrogen-bond acceptors (Lipinski definition) is 1. The van der Waals surface area contributed by atoms with Gasteiger partial charge in [-0.15, -0.1) is 12.4 Å². The molecule has 1 heterocycles. The Morgan fingerprint density at radius 1 is 1.50 bits per heavy atom. The molecular weight excluding hydrogens is 286 g/mol. The third-order valence-electron chi connectivity index (χ3n) is 1.62. The lowest BCUT2D eigenvalue weighted by molar-refractivity contribution is -0.679. The summed E-state index contributed by atoms with van der Waals surface area (Å²) in [5.74, 6) is 0. The number of rotatable bonds is 1. The largest absolute Gasteiger partial charge is 1.00 e. The van der Waals surface area contributed by atoms with E-state index in [1.54, 1.807) is 0 Å². The topological polar surface area (TPSA) is 29.9 Å². The standard InChI is InChI=1S/C8H13N2.ClH.HI/c1-7-3-4-10(2)8(5-7)6-9;;/h3-5H,6,9H2,1-2H3;2*1H/q+1;;/p-1. The first-order chi connectivity index (χ1) is 4.74. The van der Waals surface area contributed by atoms with Crippen LogP contribution in [0.3, 0.4) is 0 Å². The highest BCUT2D eigenvalue weighted by Gasteiger charge is 2.01. The SMILES string of the molecule is Cc1cc[n+](C)c(CN)c1.Cl.[I-]. The summed E-state index contributed by atoms with van der Waals surface area (Å²) in [6.45, 7) is 2.68. The quantitative estimate of drug-likeness (QED) is 0.459. The van der Waals surface area contributed by atoms with Gasteiger partial charge in [0.15, 0.2) is 11.9 Å². The molecule has 1 aromatic heterocycles. The van der Waals surface area contributed by atoms with E-state index in [0.717, 1.165) is 0 Å². The van der Waals surface area contributed by atoms with E-state index < -0.39 is 0 Å². The van der Waals surface area contributed by atoms with Gasteiger partial charge in [-0.2, -0.15) is 0 Å². The molecule has 0 atom stereocenters. The van der Waals surface area contributed by atoms with E-state index in [1.807, 2.05) is 17.8 Å². The van der Waals surface area contributed by atoms with Crippen molar-refractivity contribution in [3.8, 4) is 0 Å². The molecule has 1 aromatic rings. The maximum absolute atomic E-state index is 5.50. The van der Waals surface area contributed by atoms with Crippen LogP contribution in [0.1, 0.15) is 11.3 Å². The van der Waals surface area contributed by atoms with E-state index in [9.17, 15) is 0 Å². The van der Waals surface area contributed by atoms with Crippen LogP contribution in [0.25, 0.3) is 0 Å². The van der Waals surface area contributed by atoms with Crippen LogP contribution in [0, 0.1) is 6.92 Å². The van der Waals surface area contributed by atoms with Crippen molar-refractivity contribution in [1.82, 2.24) is 0 Å². The third kappa shape index (κ3) is 3.69. The van der Waals surface area contributed by atoms with Crippen LogP contribution in [-0.4, -0.2) is 0 Å². The monoisotopic (exact) mass is 300 g/mol. The van der Waals surface area contributed by atoms with E-state index >= 15 is 0 Å². The van der Waals surface area contributed by atoms with Gasteiger partial charge in [-0.05, 0) is 12.5 Å². The Balaban J connectivity index is 0. The molecule has 2 nitrogen and oxygen atoms in total. The molecule has 0 aliphatic heterocycles. The number of nitrogens with zero attached hydrogens (tertiary/aromatic N) is 1. The van der Waals surface area contributed by atoms with Crippen LogP contribution in [0.2, 0.25) is 0 Å². The molecule has 0 unspecified atom stereocenters. The Kier molecular flexibility index (Phi) is 8.08. The summed E-state index contributed by atoms with van der Waals surface area (Å²) in [7, 11) is 2.00. The van der Waals surface area contributed by atoms with E-state index in [4.69, 9.17) is 5.73 Å². The Morgan fingerprint density at radius 3 is 2.50 bits per heavy atom. The van der Waals surface area contributed by atoms with Gasteiger partial charge in [-0.3, -0.25) is 0 Å². The average Bonchev–Trinajstić information content (AvgIpc) is 1.94. The molecule has 2 N–H and O–H groups in total. The number of aromatic nitrogens is 1. The summed E-state index contributed by atoms with van der Waals surface area (Å²) in [5, 5.41) is 0. The Labute approximate surface area is 96.6 Å². The molecule has 0 spiro atoms. The van der Waals surface area contributed by atoms with Crippen LogP contribution < -0.4 is 34.3 Å². The fraction of sp³-hybridized carbons (Fsp3) is 0.375. The molecule has 0 aromatic carbocycles. The summed E-state index contributed by atoms with van der Waals surface area (Å²) < 4.78 is 2.03. The lowest BCUT2D eigenvalue weighted by Crippen LogP contribution is -3.00. The van der Waals surface area contributed by atoms with Crippen molar-refractivity contribution in [1.29, 1.82) is 0 Å². The van der Waals surface area contributed by atoms with Crippen LogP contribution >= 0.6 is 12.4 Å². The lowest BCUT2D eigenvalue weighted by Gasteiger charge is -1.95. The van der Waals surface area contributed by atoms with Crippen molar-refractivity contribution in [2.75, 3.05) is 0 Å².